The van der Waals surface area contributed by atoms with Crippen molar-refractivity contribution in [1.29, 1.82) is 0 Å². The summed E-state index contributed by atoms with van der Waals surface area (Å²) in [5.74, 6) is 0.362. The minimum atomic E-state index is -0.195. The second-order valence-corrected chi connectivity index (χ2v) is 7.11. The molecule has 1 fully saturated rings. The number of hydrogen-bond acceptors (Lipinski definition) is 4. The highest BCUT2D eigenvalue weighted by atomic mass is 19.1. The van der Waals surface area contributed by atoms with Crippen LogP contribution in [0.3, 0.4) is 0 Å². The largest absolute Gasteiger partial charge is 0.317 e. The maximum Gasteiger partial charge on any atom is 0.123 e. The van der Waals surface area contributed by atoms with Crippen LogP contribution < -0.4 is 10.6 Å². The molecule has 2 N–H and O–H groups in total. The predicted molar refractivity (Wildman–Crippen MR) is 106 cm³/mol. The summed E-state index contributed by atoms with van der Waals surface area (Å²) >= 11 is 0. The average Bonchev–Trinajstić information content (AvgIpc) is 2.69. The van der Waals surface area contributed by atoms with Gasteiger partial charge in [0.2, 0.25) is 0 Å². The lowest BCUT2D eigenvalue weighted by atomic mass is 9.84. The minimum Gasteiger partial charge on any atom is -0.317 e. The zero-order valence-electron chi connectivity index (χ0n) is 16.0. The number of likely N-dealkylation sites (N-methyl/N-ethyl adjacent to an activating group) is 1. The fraction of sp³-hybridized carbons (Fsp3) is 0.571. The van der Waals surface area contributed by atoms with Gasteiger partial charge in [-0.05, 0) is 74.8 Å². The summed E-state index contributed by atoms with van der Waals surface area (Å²) < 4.78 is 13.9. The molecule has 0 saturated carbocycles. The van der Waals surface area contributed by atoms with E-state index in [2.05, 4.69) is 40.4 Å². The molecule has 3 rings (SSSR count). The van der Waals surface area contributed by atoms with Gasteiger partial charge in [0.1, 0.15) is 5.82 Å². The number of rotatable bonds is 8. The van der Waals surface area contributed by atoms with Gasteiger partial charge in [-0.2, -0.15) is 0 Å². The van der Waals surface area contributed by atoms with Crippen LogP contribution in [0.5, 0.6) is 0 Å². The van der Waals surface area contributed by atoms with Gasteiger partial charge < -0.3 is 15.5 Å². The molecule has 1 saturated heterocycles. The van der Waals surface area contributed by atoms with Crippen molar-refractivity contribution >= 4 is 10.9 Å². The van der Waals surface area contributed by atoms with E-state index in [0.29, 0.717) is 5.92 Å². The molecule has 0 radical (unpaired) electrons. The minimum absolute atomic E-state index is 0.195. The molecule has 0 aliphatic carbocycles. The van der Waals surface area contributed by atoms with Crippen molar-refractivity contribution in [2.75, 3.05) is 39.3 Å². The molecule has 1 atom stereocenters. The van der Waals surface area contributed by atoms with Gasteiger partial charge in [0.15, 0.2) is 0 Å². The van der Waals surface area contributed by atoms with Crippen molar-refractivity contribution in [2.24, 2.45) is 5.92 Å². The number of nitrogens with zero attached hydrogens (tertiary/aromatic N) is 2. The summed E-state index contributed by atoms with van der Waals surface area (Å²) in [6.07, 6.45) is 4.14. The molecular formula is C21H31FN4. The highest BCUT2D eigenvalue weighted by molar-refractivity contribution is 5.82. The van der Waals surface area contributed by atoms with Crippen LogP contribution in [0, 0.1) is 11.7 Å². The number of fused-ring (bicyclic) bond motifs is 1. The molecule has 5 heteroatoms. The predicted octanol–water partition coefficient (Wildman–Crippen LogP) is 3.35. The number of piperidine rings is 1. The summed E-state index contributed by atoms with van der Waals surface area (Å²) in [5.41, 5.74) is 2.05. The van der Waals surface area contributed by atoms with Gasteiger partial charge in [0.25, 0.3) is 0 Å². The van der Waals surface area contributed by atoms with Crippen molar-refractivity contribution in [3.63, 3.8) is 0 Å². The van der Waals surface area contributed by atoms with Crippen LogP contribution in [-0.4, -0.2) is 49.2 Å². The van der Waals surface area contributed by atoms with Crippen molar-refractivity contribution in [3.05, 3.63) is 41.8 Å². The standard InChI is InChI=1S/C21H31FN4/c1-3-26(4-2)14-13-25-21(16-7-10-23-11-8-16)18-9-12-24-20-6-5-17(22)15-19(18)20/h5-6,9,12,15-16,21,23,25H,3-4,7-8,10-11,13-14H2,1-2H3. The Bertz CT molecular complexity index is 695. The van der Waals surface area contributed by atoms with E-state index in [4.69, 9.17) is 0 Å². The molecule has 0 bridgehead atoms. The fourth-order valence-electron chi connectivity index (χ4n) is 4.04. The molecule has 1 aromatic carbocycles. The second-order valence-electron chi connectivity index (χ2n) is 7.11. The first-order valence-corrected chi connectivity index (χ1v) is 9.93. The molecular weight excluding hydrogens is 327 g/mol. The topological polar surface area (TPSA) is 40.2 Å². The zero-order valence-corrected chi connectivity index (χ0v) is 16.0. The van der Waals surface area contributed by atoms with E-state index < -0.39 is 0 Å². The van der Waals surface area contributed by atoms with Crippen LogP contribution in [0.2, 0.25) is 0 Å². The molecule has 2 aromatic rings. The van der Waals surface area contributed by atoms with E-state index in [0.717, 1.165) is 63.0 Å². The Kier molecular flexibility index (Phi) is 6.94. The van der Waals surface area contributed by atoms with Crippen LogP contribution in [0.15, 0.2) is 30.5 Å². The Morgan fingerprint density at radius 1 is 1.23 bits per heavy atom. The Labute approximate surface area is 156 Å². The van der Waals surface area contributed by atoms with Gasteiger partial charge in [0, 0.05) is 30.7 Å². The smallest absolute Gasteiger partial charge is 0.123 e. The van der Waals surface area contributed by atoms with Crippen molar-refractivity contribution < 1.29 is 4.39 Å². The molecule has 4 nitrogen and oxygen atoms in total. The van der Waals surface area contributed by atoms with E-state index >= 15 is 0 Å². The van der Waals surface area contributed by atoms with Crippen molar-refractivity contribution in [2.45, 2.75) is 32.7 Å². The highest BCUT2D eigenvalue weighted by Gasteiger charge is 2.26. The zero-order chi connectivity index (χ0) is 18.4. The van der Waals surface area contributed by atoms with E-state index in [1.54, 1.807) is 12.1 Å². The molecule has 1 aromatic heterocycles. The molecule has 26 heavy (non-hydrogen) atoms. The summed E-state index contributed by atoms with van der Waals surface area (Å²) in [4.78, 5) is 6.86. The first-order chi connectivity index (χ1) is 12.7. The third-order valence-corrected chi connectivity index (χ3v) is 5.61. The van der Waals surface area contributed by atoms with Crippen LogP contribution in [-0.2, 0) is 0 Å². The van der Waals surface area contributed by atoms with Crippen LogP contribution >= 0.6 is 0 Å². The Morgan fingerprint density at radius 2 is 2.00 bits per heavy atom. The first-order valence-electron chi connectivity index (χ1n) is 9.93. The quantitative estimate of drug-likeness (QED) is 0.759. The van der Waals surface area contributed by atoms with Gasteiger partial charge >= 0.3 is 0 Å². The SMILES string of the molecule is CCN(CC)CCNC(c1ccnc2ccc(F)cc12)C1CCNCC1. The van der Waals surface area contributed by atoms with Crippen molar-refractivity contribution in [3.8, 4) is 0 Å². The van der Waals surface area contributed by atoms with Gasteiger partial charge in [-0.1, -0.05) is 13.8 Å². The summed E-state index contributed by atoms with van der Waals surface area (Å²) in [6.45, 7) is 10.6. The normalized spacial score (nSPS) is 17.1. The first kappa shape index (κ1) is 19.2. The number of pyridine rings is 1. The summed E-state index contributed by atoms with van der Waals surface area (Å²) in [5, 5.41) is 8.18. The highest BCUT2D eigenvalue weighted by Crippen LogP contribution is 2.33. The Morgan fingerprint density at radius 3 is 2.73 bits per heavy atom. The lowest BCUT2D eigenvalue weighted by Gasteiger charge is -2.33. The number of benzene rings is 1. The number of aromatic nitrogens is 1. The Balaban J connectivity index is 1.86. The maximum atomic E-state index is 13.9. The molecule has 2 heterocycles. The number of nitrogens with one attached hydrogen (secondary N) is 2. The van der Waals surface area contributed by atoms with Crippen LogP contribution in [0.4, 0.5) is 4.39 Å². The molecule has 1 aliphatic heterocycles. The molecule has 0 spiro atoms. The van der Waals surface area contributed by atoms with E-state index in [9.17, 15) is 4.39 Å². The van der Waals surface area contributed by atoms with E-state index in [1.165, 1.54) is 11.6 Å². The average molecular weight is 359 g/mol. The van der Waals surface area contributed by atoms with Gasteiger partial charge in [-0.15, -0.1) is 0 Å². The Hall–Kier alpha value is -1.56. The molecule has 1 aliphatic rings. The van der Waals surface area contributed by atoms with Crippen LogP contribution in [0.25, 0.3) is 10.9 Å². The third-order valence-electron chi connectivity index (χ3n) is 5.61. The lowest BCUT2D eigenvalue weighted by molar-refractivity contribution is 0.256. The number of hydrogen-bond donors (Lipinski definition) is 2. The van der Waals surface area contributed by atoms with Gasteiger partial charge in [-0.25, -0.2) is 4.39 Å². The van der Waals surface area contributed by atoms with Crippen molar-refractivity contribution in [1.82, 2.24) is 20.5 Å². The fourth-order valence-corrected chi connectivity index (χ4v) is 4.04. The third kappa shape index (κ3) is 4.58. The number of halogens is 1. The second kappa shape index (κ2) is 9.40. The lowest BCUT2D eigenvalue weighted by Crippen LogP contribution is -2.39. The van der Waals surface area contributed by atoms with Gasteiger partial charge in [0.05, 0.1) is 5.52 Å². The van der Waals surface area contributed by atoms with Crippen LogP contribution in [0.1, 0.15) is 38.3 Å². The van der Waals surface area contributed by atoms with E-state index in [-0.39, 0.29) is 11.9 Å². The monoisotopic (exact) mass is 358 g/mol. The molecule has 1 unspecified atom stereocenters. The summed E-state index contributed by atoms with van der Waals surface area (Å²) in [7, 11) is 0. The molecule has 142 valence electrons. The molecule has 0 amide bonds. The van der Waals surface area contributed by atoms with E-state index in [1.807, 2.05) is 6.20 Å². The maximum absolute atomic E-state index is 13.9. The summed E-state index contributed by atoms with van der Waals surface area (Å²) in [6, 6.07) is 7.21. The van der Waals surface area contributed by atoms with Gasteiger partial charge in [-0.3, -0.25) is 4.98 Å².